The highest BCUT2D eigenvalue weighted by atomic mass is 16.6. The van der Waals surface area contributed by atoms with Gasteiger partial charge in [-0.25, -0.2) is 0 Å². The number of likely N-dealkylation sites (N-methyl/N-ethyl adjacent to an activating group) is 1. The van der Waals surface area contributed by atoms with Gasteiger partial charge >= 0.3 is 0 Å². The zero-order chi connectivity index (χ0) is 13.7. The molecule has 0 bridgehead atoms. The van der Waals surface area contributed by atoms with Crippen molar-refractivity contribution in [2.24, 2.45) is 0 Å². The van der Waals surface area contributed by atoms with E-state index in [0.717, 1.165) is 24.3 Å². The van der Waals surface area contributed by atoms with Crippen LogP contribution in [0.2, 0.25) is 0 Å². The highest BCUT2D eigenvalue weighted by Crippen LogP contribution is 2.33. The molecule has 4 nitrogen and oxygen atoms in total. The smallest absolute Gasteiger partial charge is 0.161 e. The van der Waals surface area contributed by atoms with E-state index in [-0.39, 0.29) is 12.2 Å². The molecule has 0 aliphatic heterocycles. The number of methoxy groups -OCH3 is 1. The number of benzene rings is 1. The molecule has 19 heavy (non-hydrogen) atoms. The first-order valence-electron chi connectivity index (χ1n) is 6.88. The topological polar surface area (TPSA) is 39.7 Å². The number of ether oxygens (including phenoxy) is 3. The van der Waals surface area contributed by atoms with Crippen molar-refractivity contribution in [1.29, 1.82) is 0 Å². The van der Waals surface area contributed by atoms with E-state index in [4.69, 9.17) is 14.2 Å². The fraction of sp³-hybridized carbons (Fsp3) is 0.600. The summed E-state index contributed by atoms with van der Waals surface area (Å²) in [7, 11) is 3.68. The first-order valence-corrected chi connectivity index (χ1v) is 6.88. The summed E-state index contributed by atoms with van der Waals surface area (Å²) in [6.07, 6.45) is 2.13. The maximum absolute atomic E-state index is 6.02. The van der Waals surface area contributed by atoms with Crippen LogP contribution < -0.4 is 14.8 Å². The van der Waals surface area contributed by atoms with Crippen molar-refractivity contribution in [3.8, 4) is 11.5 Å². The van der Waals surface area contributed by atoms with Crippen LogP contribution in [0.15, 0.2) is 24.3 Å². The molecule has 1 aliphatic carbocycles. The van der Waals surface area contributed by atoms with E-state index in [1.54, 1.807) is 7.11 Å². The van der Waals surface area contributed by atoms with Gasteiger partial charge in [-0.15, -0.1) is 0 Å². The Morgan fingerprint density at radius 2 is 2.00 bits per heavy atom. The minimum Gasteiger partial charge on any atom is -0.490 e. The lowest BCUT2D eigenvalue weighted by Crippen LogP contribution is -2.60. The Hall–Kier alpha value is -1.26. The molecule has 2 rings (SSSR count). The first-order chi connectivity index (χ1) is 9.30. The SMILES string of the molecule is CCCOc1ccccc1OC1CC(NC)C1OC. The summed E-state index contributed by atoms with van der Waals surface area (Å²) in [4.78, 5) is 0. The second kappa shape index (κ2) is 6.78. The molecule has 3 unspecified atom stereocenters. The fourth-order valence-electron chi connectivity index (χ4n) is 2.34. The fourth-order valence-corrected chi connectivity index (χ4v) is 2.34. The van der Waals surface area contributed by atoms with Crippen LogP contribution in [-0.2, 0) is 4.74 Å². The van der Waals surface area contributed by atoms with Gasteiger partial charge < -0.3 is 19.5 Å². The van der Waals surface area contributed by atoms with Crippen molar-refractivity contribution in [3.63, 3.8) is 0 Å². The second-order valence-corrected chi connectivity index (χ2v) is 4.78. The molecule has 4 heteroatoms. The van der Waals surface area contributed by atoms with E-state index >= 15 is 0 Å². The Morgan fingerprint density at radius 1 is 1.26 bits per heavy atom. The maximum atomic E-state index is 6.02. The van der Waals surface area contributed by atoms with E-state index in [2.05, 4.69) is 12.2 Å². The average molecular weight is 265 g/mol. The Bertz CT molecular complexity index is 397. The number of para-hydroxylation sites is 2. The molecule has 0 heterocycles. The highest BCUT2D eigenvalue weighted by molar-refractivity contribution is 5.39. The van der Waals surface area contributed by atoms with E-state index in [9.17, 15) is 0 Å². The largest absolute Gasteiger partial charge is 0.490 e. The van der Waals surface area contributed by atoms with Crippen LogP contribution >= 0.6 is 0 Å². The van der Waals surface area contributed by atoms with Crippen molar-refractivity contribution in [3.05, 3.63) is 24.3 Å². The zero-order valence-corrected chi connectivity index (χ0v) is 11.9. The molecule has 1 aliphatic rings. The van der Waals surface area contributed by atoms with Crippen LogP contribution in [0.4, 0.5) is 0 Å². The van der Waals surface area contributed by atoms with Crippen molar-refractivity contribution in [2.45, 2.75) is 38.0 Å². The third kappa shape index (κ3) is 3.19. The van der Waals surface area contributed by atoms with Gasteiger partial charge in [0, 0.05) is 19.6 Å². The lowest BCUT2D eigenvalue weighted by molar-refractivity contribution is -0.0876. The Balaban J connectivity index is 1.99. The van der Waals surface area contributed by atoms with Crippen LogP contribution in [0.25, 0.3) is 0 Å². The van der Waals surface area contributed by atoms with Gasteiger partial charge in [0.15, 0.2) is 11.5 Å². The molecule has 3 atom stereocenters. The van der Waals surface area contributed by atoms with Crippen molar-refractivity contribution >= 4 is 0 Å². The quantitative estimate of drug-likeness (QED) is 0.820. The summed E-state index contributed by atoms with van der Waals surface area (Å²) in [5.74, 6) is 1.62. The highest BCUT2D eigenvalue weighted by Gasteiger charge is 2.42. The van der Waals surface area contributed by atoms with Gasteiger partial charge in [-0.2, -0.15) is 0 Å². The summed E-state index contributed by atoms with van der Waals surface area (Å²) in [5, 5.41) is 3.23. The summed E-state index contributed by atoms with van der Waals surface area (Å²) in [5.41, 5.74) is 0. The molecule has 106 valence electrons. The molecule has 0 spiro atoms. The first kappa shape index (κ1) is 14.2. The zero-order valence-electron chi connectivity index (χ0n) is 11.9. The van der Waals surface area contributed by atoms with Crippen LogP contribution in [0.3, 0.4) is 0 Å². The van der Waals surface area contributed by atoms with Crippen LogP contribution in [-0.4, -0.2) is 39.0 Å². The normalized spacial score (nSPS) is 25.7. The van der Waals surface area contributed by atoms with Crippen LogP contribution in [0, 0.1) is 0 Å². The molecular weight excluding hydrogens is 242 g/mol. The van der Waals surface area contributed by atoms with Gasteiger partial charge in [0.25, 0.3) is 0 Å². The summed E-state index contributed by atoms with van der Waals surface area (Å²) >= 11 is 0. The Labute approximate surface area is 115 Å². The number of hydrogen-bond acceptors (Lipinski definition) is 4. The van der Waals surface area contributed by atoms with Crippen molar-refractivity contribution in [2.75, 3.05) is 20.8 Å². The standard InChI is InChI=1S/C15H23NO3/c1-4-9-18-12-7-5-6-8-13(12)19-14-10-11(16-2)15(14)17-3/h5-8,11,14-16H,4,9-10H2,1-3H3. The van der Waals surface area contributed by atoms with E-state index in [1.807, 2.05) is 31.3 Å². The molecule has 0 radical (unpaired) electrons. The lowest BCUT2D eigenvalue weighted by Gasteiger charge is -2.43. The molecule has 0 amide bonds. The molecule has 1 aromatic rings. The summed E-state index contributed by atoms with van der Waals surface area (Å²) in [6, 6.07) is 8.19. The molecule has 1 N–H and O–H groups in total. The third-order valence-corrected chi connectivity index (χ3v) is 3.48. The molecule has 0 saturated heterocycles. The van der Waals surface area contributed by atoms with Gasteiger partial charge in [-0.05, 0) is 25.6 Å². The van der Waals surface area contributed by atoms with Crippen molar-refractivity contribution in [1.82, 2.24) is 5.32 Å². The molecule has 1 saturated carbocycles. The number of rotatable bonds is 7. The Kier molecular flexibility index (Phi) is 5.05. The second-order valence-electron chi connectivity index (χ2n) is 4.78. The predicted molar refractivity (Wildman–Crippen MR) is 74.9 cm³/mol. The van der Waals surface area contributed by atoms with E-state index < -0.39 is 0 Å². The van der Waals surface area contributed by atoms with Crippen LogP contribution in [0.1, 0.15) is 19.8 Å². The van der Waals surface area contributed by atoms with E-state index in [1.165, 1.54) is 0 Å². The van der Waals surface area contributed by atoms with Gasteiger partial charge in [0.05, 0.1) is 6.61 Å². The molecule has 0 aromatic heterocycles. The maximum Gasteiger partial charge on any atom is 0.161 e. The van der Waals surface area contributed by atoms with E-state index in [0.29, 0.717) is 12.6 Å². The lowest BCUT2D eigenvalue weighted by atomic mass is 9.85. The number of hydrogen-bond donors (Lipinski definition) is 1. The van der Waals surface area contributed by atoms with Gasteiger partial charge in [0.2, 0.25) is 0 Å². The monoisotopic (exact) mass is 265 g/mol. The Morgan fingerprint density at radius 3 is 2.63 bits per heavy atom. The molecule has 1 fully saturated rings. The molecule has 1 aromatic carbocycles. The number of nitrogens with one attached hydrogen (secondary N) is 1. The average Bonchev–Trinajstić information content (AvgIpc) is 2.42. The molecular formula is C15H23NO3. The summed E-state index contributed by atoms with van der Waals surface area (Å²) < 4.78 is 17.2. The van der Waals surface area contributed by atoms with Gasteiger partial charge in [-0.1, -0.05) is 19.1 Å². The third-order valence-electron chi connectivity index (χ3n) is 3.48. The predicted octanol–water partition coefficient (Wildman–Crippen LogP) is 2.23. The van der Waals surface area contributed by atoms with Crippen LogP contribution in [0.5, 0.6) is 11.5 Å². The van der Waals surface area contributed by atoms with Gasteiger partial charge in [0.1, 0.15) is 12.2 Å². The van der Waals surface area contributed by atoms with Crippen molar-refractivity contribution < 1.29 is 14.2 Å². The summed E-state index contributed by atoms with van der Waals surface area (Å²) in [6.45, 7) is 2.80. The minimum atomic E-state index is 0.0915. The minimum absolute atomic E-state index is 0.0915. The van der Waals surface area contributed by atoms with Gasteiger partial charge in [-0.3, -0.25) is 0 Å².